The lowest BCUT2D eigenvalue weighted by molar-refractivity contribution is 0.0493. The molecule has 0 aliphatic heterocycles. The van der Waals surface area contributed by atoms with Crippen LogP contribution in [0.2, 0.25) is 0 Å². The second-order valence-corrected chi connectivity index (χ2v) is 8.82. The van der Waals surface area contributed by atoms with Crippen molar-refractivity contribution >= 4 is 25.8 Å². The lowest BCUT2D eigenvalue weighted by Crippen LogP contribution is -2.45. The SMILES string of the molecule is CC(C)(C)OC(=O)NC(CS(=O)(=O)Cl)C1CCCC1. The second-order valence-electron chi connectivity index (χ2n) is 6.00. The number of ether oxygens (including phenoxy) is 1. The molecular formula is C12H22ClNO4S. The van der Waals surface area contributed by atoms with Crippen molar-refractivity contribution in [3.8, 4) is 0 Å². The van der Waals surface area contributed by atoms with E-state index in [-0.39, 0.29) is 11.7 Å². The number of alkyl carbamates (subject to hydrolysis) is 1. The van der Waals surface area contributed by atoms with Crippen LogP contribution < -0.4 is 5.32 Å². The summed E-state index contributed by atoms with van der Waals surface area (Å²) < 4.78 is 27.6. The van der Waals surface area contributed by atoms with Gasteiger partial charge in [-0.15, -0.1) is 0 Å². The summed E-state index contributed by atoms with van der Waals surface area (Å²) in [6.45, 7) is 5.28. The maximum absolute atomic E-state index is 11.7. The van der Waals surface area contributed by atoms with Gasteiger partial charge in [-0.1, -0.05) is 12.8 Å². The summed E-state index contributed by atoms with van der Waals surface area (Å²) in [7, 11) is 1.65. The molecule has 0 aromatic rings. The van der Waals surface area contributed by atoms with Crippen LogP contribution in [-0.2, 0) is 13.8 Å². The summed E-state index contributed by atoms with van der Waals surface area (Å²) in [5.74, 6) is -0.0978. The van der Waals surface area contributed by atoms with E-state index < -0.39 is 26.8 Å². The Hall–Kier alpha value is -0.490. The first-order valence-corrected chi connectivity index (χ1v) is 8.96. The van der Waals surface area contributed by atoms with Crippen LogP contribution in [0.1, 0.15) is 46.5 Å². The molecule has 7 heteroatoms. The fraction of sp³-hybridized carbons (Fsp3) is 0.917. The summed E-state index contributed by atoms with van der Waals surface area (Å²) in [5.41, 5.74) is -0.607. The molecule has 1 aliphatic carbocycles. The third-order valence-corrected chi connectivity index (χ3v) is 4.18. The number of rotatable bonds is 4. The van der Waals surface area contributed by atoms with E-state index in [4.69, 9.17) is 15.4 Å². The van der Waals surface area contributed by atoms with Gasteiger partial charge in [0.1, 0.15) is 5.60 Å². The number of carbonyl (C=O) groups is 1. The molecule has 0 heterocycles. The Morgan fingerprint density at radius 3 is 2.32 bits per heavy atom. The molecule has 1 fully saturated rings. The van der Waals surface area contributed by atoms with Crippen molar-refractivity contribution in [1.82, 2.24) is 5.32 Å². The van der Waals surface area contributed by atoms with Crippen LogP contribution in [0.4, 0.5) is 4.79 Å². The van der Waals surface area contributed by atoms with E-state index in [0.29, 0.717) is 0 Å². The summed E-state index contributed by atoms with van der Waals surface area (Å²) in [6.07, 6.45) is 3.34. The average molecular weight is 312 g/mol. The topological polar surface area (TPSA) is 72.5 Å². The number of nitrogens with one attached hydrogen (secondary N) is 1. The molecule has 0 saturated heterocycles. The van der Waals surface area contributed by atoms with Gasteiger partial charge in [0.2, 0.25) is 9.05 Å². The van der Waals surface area contributed by atoms with Gasteiger partial charge in [0, 0.05) is 10.7 Å². The van der Waals surface area contributed by atoms with Gasteiger partial charge in [-0.3, -0.25) is 0 Å². The Kier molecular flexibility index (Phi) is 5.50. The Balaban J connectivity index is 2.66. The predicted molar refractivity (Wildman–Crippen MR) is 74.8 cm³/mol. The highest BCUT2D eigenvalue weighted by atomic mass is 35.7. The van der Waals surface area contributed by atoms with Crippen LogP contribution in [0.5, 0.6) is 0 Å². The van der Waals surface area contributed by atoms with Crippen molar-refractivity contribution in [1.29, 1.82) is 0 Å². The number of halogens is 1. The molecule has 1 rings (SSSR count). The van der Waals surface area contributed by atoms with Gasteiger partial charge in [0.15, 0.2) is 0 Å². The molecule has 1 atom stereocenters. The third-order valence-electron chi connectivity index (χ3n) is 3.05. The molecule has 1 amide bonds. The first kappa shape index (κ1) is 16.6. The standard InChI is InChI=1S/C12H22ClNO4S/c1-12(2,3)18-11(15)14-10(8-19(13,16)17)9-6-4-5-7-9/h9-10H,4-8H2,1-3H3,(H,14,15). The van der Waals surface area contributed by atoms with Crippen LogP contribution in [0.15, 0.2) is 0 Å². The van der Waals surface area contributed by atoms with E-state index in [9.17, 15) is 13.2 Å². The minimum Gasteiger partial charge on any atom is -0.444 e. The molecule has 112 valence electrons. The van der Waals surface area contributed by atoms with E-state index >= 15 is 0 Å². The molecule has 19 heavy (non-hydrogen) atoms. The lowest BCUT2D eigenvalue weighted by atomic mass is 10.00. The van der Waals surface area contributed by atoms with Crippen molar-refractivity contribution in [3.05, 3.63) is 0 Å². The molecule has 0 spiro atoms. The highest BCUT2D eigenvalue weighted by Crippen LogP contribution is 2.29. The molecule has 1 saturated carbocycles. The Bertz CT molecular complexity index is 410. The smallest absolute Gasteiger partial charge is 0.407 e. The molecule has 0 aromatic heterocycles. The molecule has 0 bridgehead atoms. The van der Waals surface area contributed by atoms with Gasteiger partial charge in [-0.2, -0.15) is 0 Å². The number of carbonyl (C=O) groups excluding carboxylic acids is 1. The Labute approximate surface area is 119 Å². The zero-order chi connectivity index (χ0) is 14.7. The molecule has 1 N–H and O–H groups in total. The van der Waals surface area contributed by atoms with Crippen molar-refractivity contribution in [2.45, 2.75) is 58.1 Å². The largest absolute Gasteiger partial charge is 0.444 e. The van der Waals surface area contributed by atoms with Gasteiger partial charge in [0.25, 0.3) is 0 Å². The van der Waals surface area contributed by atoms with Crippen molar-refractivity contribution in [2.24, 2.45) is 5.92 Å². The van der Waals surface area contributed by atoms with Crippen LogP contribution in [0, 0.1) is 5.92 Å². The molecule has 0 aromatic carbocycles. The summed E-state index contributed by atoms with van der Waals surface area (Å²) >= 11 is 0. The monoisotopic (exact) mass is 311 g/mol. The third kappa shape index (κ3) is 7.01. The van der Waals surface area contributed by atoms with Gasteiger partial charge in [0.05, 0.1) is 11.8 Å². The van der Waals surface area contributed by atoms with Gasteiger partial charge in [-0.25, -0.2) is 13.2 Å². The normalized spacial score (nSPS) is 19.2. The Morgan fingerprint density at radius 1 is 1.37 bits per heavy atom. The second kappa shape index (κ2) is 6.31. The van der Waals surface area contributed by atoms with Gasteiger partial charge in [-0.05, 0) is 39.5 Å². The van der Waals surface area contributed by atoms with E-state index in [1.807, 2.05) is 0 Å². The molecule has 5 nitrogen and oxygen atoms in total. The summed E-state index contributed by atoms with van der Waals surface area (Å²) in [5, 5.41) is 2.65. The van der Waals surface area contributed by atoms with Crippen LogP contribution in [0.25, 0.3) is 0 Å². The average Bonchev–Trinajstić information content (AvgIpc) is 2.62. The maximum atomic E-state index is 11.7. The minimum absolute atomic E-state index is 0.154. The van der Waals surface area contributed by atoms with Gasteiger partial charge >= 0.3 is 6.09 Å². The van der Waals surface area contributed by atoms with E-state index in [2.05, 4.69) is 5.32 Å². The fourth-order valence-electron chi connectivity index (χ4n) is 2.33. The zero-order valence-electron chi connectivity index (χ0n) is 11.6. The molecule has 1 unspecified atom stereocenters. The van der Waals surface area contributed by atoms with Crippen molar-refractivity contribution in [3.63, 3.8) is 0 Å². The molecule has 1 aliphatic rings. The first-order chi connectivity index (χ1) is 8.57. The number of hydrogen-bond acceptors (Lipinski definition) is 4. The van der Waals surface area contributed by atoms with E-state index in [1.54, 1.807) is 20.8 Å². The van der Waals surface area contributed by atoms with Crippen molar-refractivity contribution < 1.29 is 17.9 Å². The minimum atomic E-state index is -3.65. The lowest BCUT2D eigenvalue weighted by Gasteiger charge is -2.26. The highest BCUT2D eigenvalue weighted by Gasteiger charge is 2.31. The first-order valence-electron chi connectivity index (χ1n) is 6.49. The Morgan fingerprint density at radius 2 is 1.89 bits per heavy atom. The van der Waals surface area contributed by atoms with E-state index in [1.165, 1.54) is 0 Å². The van der Waals surface area contributed by atoms with E-state index in [0.717, 1.165) is 25.7 Å². The van der Waals surface area contributed by atoms with Crippen LogP contribution >= 0.6 is 10.7 Å². The summed E-state index contributed by atoms with van der Waals surface area (Å²) in [6, 6.07) is -0.472. The van der Waals surface area contributed by atoms with Gasteiger partial charge < -0.3 is 10.1 Å². The highest BCUT2D eigenvalue weighted by molar-refractivity contribution is 8.13. The quantitative estimate of drug-likeness (QED) is 0.810. The van der Waals surface area contributed by atoms with Crippen molar-refractivity contribution in [2.75, 3.05) is 5.75 Å². The fourth-order valence-corrected chi connectivity index (χ4v) is 3.52. The predicted octanol–water partition coefficient (Wildman–Crippen LogP) is 2.64. The van der Waals surface area contributed by atoms with Crippen LogP contribution in [0.3, 0.4) is 0 Å². The van der Waals surface area contributed by atoms with Crippen LogP contribution in [-0.4, -0.2) is 31.9 Å². The maximum Gasteiger partial charge on any atom is 0.407 e. The molecule has 0 radical (unpaired) electrons. The number of amides is 1. The zero-order valence-corrected chi connectivity index (χ0v) is 13.2. The summed E-state index contributed by atoms with van der Waals surface area (Å²) in [4.78, 5) is 11.7. The molecular weight excluding hydrogens is 290 g/mol. The number of hydrogen-bond donors (Lipinski definition) is 1.